The Kier molecular flexibility index (Phi) is 6.01. The van der Waals surface area contributed by atoms with Crippen LogP contribution >= 0.6 is 27.3 Å². The van der Waals surface area contributed by atoms with Crippen molar-refractivity contribution in [2.24, 2.45) is 0 Å². The van der Waals surface area contributed by atoms with Gasteiger partial charge in [-0.25, -0.2) is 0 Å². The molecule has 0 bridgehead atoms. The molecular formula is C15H19BrN2OS. The number of methoxy groups -OCH3 is 1. The van der Waals surface area contributed by atoms with Gasteiger partial charge in [-0.1, -0.05) is 13.0 Å². The van der Waals surface area contributed by atoms with Gasteiger partial charge in [-0.3, -0.25) is 4.98 Å². The number of aromatic nitrogens is 1. The van der Waals surface area contributed by atoms with Crippen molar-refractivity contribution in [3.05, 3.63) is 44.8 Å². The third-order valence-corrected chi connectivity index (χ3v) is 4.60. The summed E-state index contributed by atoms with van der Waals surface area (Å²) in [6.07, 6.45) is 4.03. The Morgan fingerprint density at radius 2 is 2.30 bits per heavy atom. The largest absolute Gasteiger partial charge is 0.496 e. The van der Waals surface area contributed by atoms with Crippen molar-refractivity contribution >= 4 is 27.3 Å². The molecule has 2 rings (SSSR count). The highest BCUT2D eigenvalue weighted by Gasteiger charge is 2.14. The molecule has 108 valence electrons. The molecule has 0 fully saturated rings. The summed E-state index contributed by atoms with van der Waals surface area (Å²) in [5.74, 6) is 0.865. The van der Waals surface area contributed by atoms with E-state index in [4.69, 9.17) is 4.74 Å². The molecule has 0 amide bonds. The van der Waals surface area contributed by atoms with Crippen LogP contribution in [0.25, 0.3) is 0 Å². The molecule has 0 spiro atoms. The van der Waals surface area contributed by atoms with Crippen molar-refractivity contribution < 1.29 is 4.74 Å². The van der Waals surface area contributed by atoms with Crippen LogP contribution in [0.5, 0.6) is 5.75 Å². The van der Waals surface area contributed by atoms with Crippen molar-refractivity contribution in [1.82, 2.24) is 10.3 Å². The van der Waals surface area contributed by atoms with Crippen LogP contribution < -0.4 is 10.1 Å². The first-order valence-electron chi connectivity index (χ1n) is 6.68. The minimum absolute atomic E-state index is 0.322. The van der Waals surface area contributed by atoms with E-state index >= 15 is 0 Å². The zero-order valence-corrected chi connectivity index (χ0v) is 14.1. The van der Waals surface area contributed by atoms with Gasteiger partial charge in [0.15, 0.2) is 0 Å². The SMILES string of the molecule is CCCNC(Cc1ccc(OC)c(Br)c1)c1cncs1. The maximum Gasteiger partial charge on any atom is 0.133 e. The number of rotatable bonds is 7. The van der Waals surface area contributed by atoms with Crippen molar-refractivity contribution in [3.63, 3.8) is 0 Å². The van der Waals surface area contributed by atoms with Crippen LogP contribution in [0.3, 0.4) is 0 Å². The first-order chi connectivity index (χ1) is 9.74. The van der Waals surface area contributed by atoms with Crippen molar-refractivity contribution in [3.8, 4) is 5.75 Å². The predicted molar refractivity (Wildman–Crippen MR) is 87.5 cm³/mol. The number of benzene rings is 1. The van der Waals surface area contributed by atoms with E-state index in [0.29, 0.717) is 6.04 Å². The molecular weight excluding hydrogens is 336 g/mol. The van der Waals surface area contributed by atoms with Gasteiger partial charge < -0.3 is 10.1 Å². The lowest BCUT2D eigenvalue weighted by molar-refractivity contribution is 0.412. The normalized spacial score (nSPS) is 12.3. The molecule has 0 aliphatic rings. The average Bonchev–Trinajstić information content (AvgIpc) is 2.97. The molecule has 1 unspecified atom stereocenters. The van der Waals surface area contributed by atoms with Gasteiger partial charge in [0.05, 0.1) is 17.1 Å². The monoisotopic (exact) mass is 354 g/mol. The van der Waals surface area contributed by atoms with E-state index in [0.717, 1.165) is 29.6 Å². The van der Waals surface area contributed by atoms with Crippen LogP contribution in [-0.4, -0.2) is 18.6 Å². The second kappa shape index (κ2) is 7.76. The fourth-order valence-corrected chi connectivity index (χ4v) is 3.35. The van der Waals surface area contributed by atoms with Crippen molar-refractivity contribution in [2.45, 2.75) is 25.8 Å². The fraction of sp³-hybridized carbons (Fsp3) is 0.400. The van der Waals surface area contributed by atoms with Gasteiger partial charge in [-0.15, -0.1) is 11.3 Å². The molecule has 20 heavy (non-hydrogen) atoms. The summed E-state index contributed by atoms with van der Waals surface area (Å²) >= 11 is 5.25. The van der Waals surface area contributed by atoms with Crippen LogP contribution in [0.2, 0.25) is 0 Å². The Morgan fingerprint density at radius 1 is 1.45 bits per heavy atom. The third-order valence-electron chi connectivity index (χ3n) is 3.09. The van der Waals surface area contributed by atoms with E-state index in [2.05, 4.69) is 45.3 Å². The van der Waals surface area contributed by atoms with E-state index in [9.17, 15) is 0 Å². The third kappa shape index (κ3) is 4.04. The molecule has 5 heteroatoms. The van der Waals surface area contributed by atoms with Gasteiger partial charge in [0, 0.05) is 17.1 Å². The summed E-state index contributed by atoms with van der Waals surface area (Å²) in [7, 11) is 1.68. The summed E-state index contributed by atoms with van der Waals surface area (Å²) in [6, 6.07) is 6.57. The first-order valence-corrected chi connectivity index (χ1v) is 8.36. The van der Waals surface area contributed by atoms with E-state index in [1.807, 2.05) is 17.8 Å². The molecule has 1 aromatic heterocycles. The van der Waals surface area contributed by atoms with Crippen LogP contribution in [0, 0.1) is 0 Å². The van der Waals surface area contributed by atoms with Crippen LogP contribution in [-0.2, 0) is 6.42 Å². The zero-order chi connectivity index (χ0) is 14.4. The predicted octanol–water partition coefficient (Wildman–Crippen LogP) is 4.20. The number of hydrogen-bond donors (Lipinski definition) is 1. The molecule has 0 aliphatic heterocycles. The Bertz CT molecular complexity index is 531. The average molecular weight is 355 g/mol. The summed E-state index contributed by atoms with van der Waals surface area (Å²) < 4.78 is 6.27. The number of halogens is 1. The van der Waals surface area contributed by atoms with Crippen LogP contribution in [0.4, 0.5) is 0 Å². The van der Waals surface area contributed by atoms with E-state index in [-0.39, 0.29) is 0 Å². The zero-order valence-electron chi connectivity index (χ0n) is 11.7. The minimum atomic E-state index is 0.322. The summed E-state index contributed by atoms with van der Waals surface area (Å²) in [6.45, 7) is 3.20. The molecule has 3 nitrogen and oxygen atoms in total. The Balaban J connectivity index is 2.13. The topological polar surface area (TPSA) is 34.1 Å². The first kappa shape index (κ1) is 15.5. The van der Waals surface area contributed by atoms with Gasteiger partial charge in [-0.2, -0.15) is 0 Å². The molecule has 0 saturated carbocycles. The number of hydrogen-bond acceptors (Lipinski definition) is 4. The molecule has 1 atom stereocenters. The smallest absolute Gasteiger partial charge is 0.133 e. The van der Waals surface area contributed by atoms with Gasteiger partial charge in [0.1, 0.15) is 5.75 Å². The Morgan fingerprint density at radius 3 is 2.90 bits per heavy atom. The van der Waals surface area contributed by atoms with E-state index < -0.39 is 0 Å². The number of nitrogens with one attached hydrogen (secondary N) is 1. The lowest BCUT2D eigenvalue weighted by atomic mass is 10.0. The number of thiazole rings is 1. The molecule has 1 N–H and O–H groups in total. The molecule has 0 saturated heterocycles. The quantitative estimate of drug-likeness (QED) is 0.808. The summed E-state index contributed by atoms with van der Waals surface area (Å²) in [4.78, 5) is 5.47. The van der Waals surface area contributed by atoms with Crippen LogP contribution in [0.15, 0.2) is 34.4 Å². The highest BCUT2D eigenvalue weighted by Crippen LogP contribution is 2.28. The Labute approximate surface area is 132 Å². The van der Waals surface area contributed by atoms with Crippen molar-refractivity contribution in [1.29, 1.82) is 0 Å². The number of nitrogens with zero attached hydrogens (tertiary/aromatic N) is 1. The maximum absolute atomic E-state index is 5.27. The van der Waals surface area contributed by atoms with Gasteiger partial charge in [0.25, 0.3) is 0 Å². The summed E-state index contributed by atoms with van der Waals surface area (Å²) in [5, 5.41) is 3.59. The molecule has 0 aliphatic carbocycles. The highest BCUT2D eigenvalue weighted by atomic mass is 79.9. The van der Waals surface area contributed by atoms with Crippen LogP contribution in [0.1, 0.15) is 29.8 Å². The maximum atomic E-state index is 5.27. The van der Waals surface area contributed by atoms with Gasteiger partial charge >= 0.3 is 0 Å². The second-order valence-corrected chi connectivity index (χ2v) is 6.36. The minimum Gasteiger partial charge on any atom is -0.496 e. The van der Waals surface area contributed by atoms with Gasteiger partial charge in [0.2, 0.25) is 0 Å². The fourth-order valence-electron chi connectivity index (χ4n) is 2.06. The summed E-state index contributed by atoms with van der Waals surface area (Å²) in [5.41, 5.74) is 3.17. The lowest BCUT2D eigenvalue weighted by Gasteiger charge is -2.17. The van der Waals surface area contributed by atoms with Crippen molar-refractivity contribution in [2.75, 3.05) is 13.7 Å². The van der Waals surface area contributed by atoms with E-state index in [1.54, 1.807) is 18.4 Å². The highest BCUT2D eigenvalue weighted by molar-refractivity contribution is 9.10. The molecule has 2 aromatic rings. The number of ether oxygens (including phenoxy) is 1. The standard InChI is InChI=1S/C15H19BrN2OS/c1-3-6-18-13(15-9-17-10-20-15)8-11-4-5-14(19-2)12(16)7-11/h4-5,7,9-10,13,18H,3,6,8H2,1-2H3. The lowest BCUT2D eigenvalue weighted by Crippen LogP contribution is -2.23. The van der Waals surface area contributed by atoms with Gasteiger partial charge in [-0.05, 0) is 53.0 Å². The molecule has 0 radical (unpaired) electrons. The van der Waals surface area contributed by atoms with E-state index in [1.165, 1.54) is 10.4 Å². The Hall–Kier alpha value is -0.910. The second-order valence-electron chi connectivity index (χ2n) is 4.58. The molecule has 1 heterocycles. The molecule has 1 aromatic carbocycles.